The number of esters is 1. The Hall–Kier alpha value is -2.49. The quantitative estimate of drug-likeness (QED) is 0.850. The third-order valence-corrected chi connectivity index (χ3v) is 2.91. The summed E-state index contributed by atoms with van der Waals surface area (Å²) in [6.07, 6.45) is 0. The third kappa shape index (κ3) is 4.25. The van der Waals surface area contributed by atoms with Gasteiger partial charge in [-0.2, -0.15) is 0 Å². The lowest BCUT2D eigenvalue weighted by atomic mass is 10.1. The summed E-state index contributed by atoms with van der Waals surface area (Å²) in [6, 6.07) is 14.8. The van der Waals surface area contributed by atoms with E-state index in [4.69, 9.17) is 9.47 Å². The average Bonchev–Trinajstić information content (AvgIpc) is 2.47. The van der Waals surface area contributed by atoms with Crippen LogP contribution in [-0.4, -0.2) is 18.7 Å². The Labute approximate surface area is 131 Å². The van der Waals surface area contributed by atoms with Crippen molar-refractivity contribution in [3.63, 3.8) is 0 Å². The highest BCUT2D eigenvalue weighted by Gasteiger charge is 2.17. The van der Waals surface area contributed by atoms with Crippen LogP contribution in [0.4, 0.5) is 11.4 Å². The van der Waals surface area contributed by atoms with E-state index in [1.54, 1.807) is 19.2 Å². The fourth-order valence-electron chi connectivity index (χ4n) is 1.93. The molecule has 0 heterocycles. The van der Waals surface area contributed by atoms with Crippen molar-refractivity contribution >= 4 is 17.3 Å². The van der Waals surface area contributed by atoms with E-state index in [9.17, 15) is 4.79 Å². The maximum Gasteiger partial charge on any atom is 0.338 e. The van der Waals surface area contributed by atoms with Crippen LogP contribution in [-0.2, 0) is 4.74 Å². The Morgan fingerprint density at radius 2 is 1.64 bits per heavy atom. The van der Waals surface area contributed by atoms with E-state index in [1.165, 1.54) is 0 Å². The van der Waals surface area contributed by atoms with Gasteiger partial charge in [-0.15, -0.1) is 0 Å². The molecule has 0 aliphatic carbocycles. The number of benzene rings is 2. The number of hydrogen-bond acceptors (Lipinski definition) is 4. The average molecular weight is 299 g/mol. The van der Waals surface area contributed by atoms with Crippen molar-refractivity contribution in [1.29, 1.82) is 0 Å². The van der Waals surface area contributed by atoms with Crippen LogP contribution in [0.3, 0.4) is 0 Å². The fourth-order valence-corrected chi connectivity index (χ4v) is 1.93. The summed E-state index contributed by atoms with van der Waals surface area (Å²) in [7, 11) is 1.63. The second kappa shape index (κ2) is 6.52. The summed E-state index contributed by atoms with van der Waals surface area (Å²) in [4.78, 5) is 12.0. The van der Waals surface area contributed by atoms with Crippen LogP contribution >= 0.6 is 0 Å². The number of para-hydroxylation sites is 2. The van der Waals surface area contributed by atoms with Crippen LogP contribution in [0.5, 0.6) is 5.75 Å². The first-order valence-corrected chi connectivity index (χ1v) is 7.12. The van der Waals surface area contributed by atoms with Gasteiger partial charge >= 0.3 is 5.97 Å². The van der Waals surface area contributed by atoms with Crippen LogP contribution in [0.1, 0.15) is 31.1 Å². The van der Waals surface area contributed by atoms with Gasteiger partial charge in [0.15, 0.2) is 0 Å². The molecule has 0 aromatic heterocycles. The van der Waals surface area contributed by atoms with Crippen LogP contribution in [0.15, 0.2) is 48.5 Å². The molecule has 0 saturated carbocycles. The topological polar surface area (TPSA) is 47.6 Å². The molecule has 0 fully saturated rings. The minimum Gasteiger partial charge on any atom is -0.495 e. The van der Waals surface area contributed by atoms with E-state index in [0.717, 1.165) is 17.1 Å². The molecular weight excluding hydrogens is 278 g/mol. The van der Waals surface area contributed by atoms with Crippen LogP contribution in [0, 0.1) is 0 Å². The molecule has 2 rings (SSSR count). The van der Waals surface area contributed by atoms with E-state index >= 15 is 0 Å². The zero-order valence-corrected chi connectivity index (χ0v) is 13.3. The van der Waals surface area contributed by atoms with Crippen molar-refractivity contribution in [1.82, 2.24) is 0 Å². The van der Waals surface area contributed by atoms with Crippen molar-refractivity contribution in [3.8, 4) is 5.75 Å². The Kier molecular flexibility index (Phi) is 4.71. The molecular formula is C18H21NO3. The standard InChI is InChI=1S/C18H21NO3/c1-18(2,3)22-17(20)13-9-11-14(12-10-13)19-15-7-5-6-8-16(15)21-4/h5-12,19H,1-4H3. The Balaban J connectivity index is 2.11. The second-order valence-electron chi connectivity index (χ2n) is 5.90. The summed E-state index contributed by atoms with van der Waals surface area (Å²) >= 11 is 0. The number of nitrogens with one attached hydrogen (secondary N) is 1. The molecule has 0 amide bonds. The molecule has 0 spiro atoms. The largest absolute Gasteiger partial charge is 0.495 e. The zero-order chi connectivity index (χ0) is 16.2. The normalized spacial score (nSPS) is 10.9. The number of hydrogen-bond donors (Lipinski definition) is 1. The van der Waals surface area contributed by atoms with Gasteiger partial charge in [-0.05, 0) is 57.2 Å². The molecule has 0 unspecified atom stereocenters. The molecule has 0 radical (unpaired) electrons. The lowest BCUT2D eigenvalue weighted by Crippen LogP contribution is -2.23. The number of rotatable bonds is 4. The molecule has 2 aromatic carbocycles. The molecule has 1 N–H and O–H groups in total. The lowest BCUT2D eigenvalue weighted by Gasteiger charge is -2.19. The highest BCUT2D eigenvalue weighted by atomic mass is 16.6. The number of ether oxygens (including phenoxy) is 2. The van der Waals surface area contributed by atoms with Gasteiger partial charge in [0.25, 0.3) is 0 Å². The number of methoxy groups -OCH3 is 1. The smallest absolute Gasteiger partial charge is 0.338 e. The summed E-state index contributed by atoms with van der Waals surface area (Å²) in [5, 5.41) is 3.26. The summed E-state index contributed by atoms with van der Waals surface area (Å²) in [5.74, 6) is 0.440. The Morgan fingerprint density at radius 1 is 1.00 bits per heavy atom. The van der Waals surface area contributed by atoms with Crippen molar-refractivity contribution in [3.05, 3.63) is 54.1 Å². The molecule has 22 heavy (non-hydrogen) atoms. The van der Waals surface area contributed by atoms with Gasteiger partial charge in [-0.3, -0.25) is 0 Å². The summed E-state index contributed by atoms with van der Waals surface area (Å²) in [6.45, 7) is 5.55. The number of anilines is 2. The van der Waals surface area contributed by atoms with Gasteiger partial charge in [0.05, 0.1) is 18.4 Å². The van der Waals surface area contributed by atoms with Crippen LogP contribution < -0.4 is 10.1 Å². The van der Waals surface area contributed by atoms with E-state index in [1.807, 2.05) is 57.2 Å². The Bertz CT molecular complexity index is 642. The zero-order valence-electron chi connectivity index (χ0n) is 13.3. The molecule has 0 aliphatic rings. The van der Waals surface area contributed by atoms with E-state index < -0.39 is 5.60 Å². The van der Waals surface area contributed by atoms with Gasteiger partial charge < -0.3 is 14.8 Å². The maximum absolute atomic E-state index is 12.0. The molecule has 116 valence electrons. The Morgan fingerprint density at radius 3 is 2.23 bits per heavy atom. The predicted molar refractivity (Wildman–Crippen MR) is 87.9 cm³/mol. The molecule has 0 atom stereocenters. The van der Waals surface area contributed by atoms with Crippen molar-refractivity contribution in [2.75, 3.05) is 12.4 Å². The SMILES string of the molecule is COc1ccccc1Nc1ccc(C(=O)OC(C)(C)C)cc1. The third-order valence-electron chi connectivity index (χ3n) is 2.91. The van der Waals surface area contributed by atoms with Crippen LogP contribution in [0.25, 0.3) is 0 Å². The summed E-state index contributed by atoms with van der Waals surface area (Å²) in [5.41, 5.74) is 1.78. The molecule has 2 aromatic rings. The maximum atomic E-state index is 12.0. The molecule has 0 aliphatic heterocycles. The van der Waals surface area contributed by atoms with Gasteiger partial charge in [0.1, 0.15) is 11.4 Å². The van der Waals surface area contributed by atoms with Crippen molar-refractivity contribution in [2.45, 2.75) is 26.4 Å². The van der Waals surface area contributed by atoms with Crippen molar-refractivity contribution in [2.24, 2.45) is 0 Å². The van der Waals surface area contributed by atoms with Gasteiger partial charge in [0.2, 0.25) is 0 Å². The fraction of sp³-hybridized carbons (Fsp3) is 0.278. The minimum absolute atomic E-state index is 0.323. The molecule has 0 bridgehead atoms. The first kappa shape index (κ1) is 15.9. The number of carbonyl (C=O) groups is 1. The highest BCUT2D eigenvalue weighted by Crippen LogP contribution is 2.27. The van der Waals surface area contributed by atoms with Gasteiger partial charge in [0, 0.05) is 5.69 Å². The molecule has 4 heteroatoms. The second-order valence-corrected chi connectivity index (χ2v) is 5.90. The van der Waals surface area contributed by atoms with Crippen molar-refractivity contribution < 1.29 is 14.3 Å². The van der Waals surface area contributed by atoms with Crippen LogP contribution in [0.2, 0.25) is 0 Å². The first-order chi connectivity index (χ1) is 10.4. The monoisotopic (exact) mass is 299 g/mol. The van der Waals surface area contributed by atoms with Gasteiger partial charge in [-0.1, -0.05) is 12.1 Å². The highest BCUT2D eigenvalue weighted by molar-refractivity contribution is 5.90. The van der Waals surface area contributed by atoms with E-state index in [-0.39, 0.29) is 5.97 Å². The predicted octanol–water partition coefficient (Wildman–Crippen LogP) is 4.39. The minimum atomic E-state index is -0.495. The summed E-state index contributed by atoms with van der Waals surface area (Å²) < 4.78 is 10.6. The van der Waals surface area contributed by atoms with Gasteiger partial charge in [-0.25, -0.2) is 4.79 Å². The molecule has 0 saturated heterocycles. The van der Waals surface area contributed by atoms with E-state index in [2.05, 4.69) is 5.32 Å². The molecule has 4 nitrogen and oxygen atoms in total. The number of carbonyl (C=O) groups excluding carboxylic acids is 1. The first-order valence-electron chi connectivity index (χ1n) is 7.12. The lowest BCUT2D eigenvalue weighted by molar-refractivity contribution is 0.00696. The van der Waals surface area contributed by atoms with E-state index in [0.29, 0.717) is 5.56 Å².